The molecule has 3 unspecified atom stereocenters. The number of fused-ring (bicyclic) bond motifs is 2. The Bertz CT molecular complexity index is 251. The fourth-order valence-corrected chi connectivity index (χ4v) is 3.54. The monoisotopic (exact) mass is 212 g/mol. The summed E-state index contributed by atoms with van der Waals surface area (Å²) in [7, 11) is 0. The van der Waals surface area contributed by atoms with Crippen molar-refractivity contribution in [2.45, 2.75) is 57.5 Å². The molecule has 2 aliphatic rings. The van der Waals surface area contributed by atoms with Crippen molar-refractivity contribution in [1.82, 2.24) is 0 Å². The van der Waals surface area contributed by atoms with Crippen LogP contribution in [0.3, 0.4) is 0 Å². The molecule has 0 heterocycles. The first kappa shape index (κ1) is 10.8. The van der Waals surface area contributed by atoms with E-state index in [1.54, 1.807) is 0 Å². The van der Waals surface area contributed by atoms with Crippen LogP contribution in [-0.4, -0.2) is 16.9 Å². The van der Waals surface area contributed by atoms with Gasteiger partial charge in [0, 0.05) is 0 Å². The van der Waals surface area contributed by atoms with Crippen molar-refractivity contribution in [1.29, 1.82) is 0 Å². The molecule has 0 spiro atoms. The third-order valence-corrected chi connectivity index (χ3v) is 4.11. The second-order valence-electron chi connectivity index (χ2n) is 5.23. The topological polar surface area (TPSA) is 46.5 Å². The third-order valence-electron chi connectivity index (χ3n) is 4.11. The largest absolute Gasteiger partial charge is 0.506 e. The fourth-order valence-electron chi connectivity index (χ4n) is 3.54. The Morgan fingerprint density at radius 3 is 3.00 bits per heavy atom. The Labute approximate surface area is 90.8 Å². The van der Waals surface area contributed by atoms with Gasteiger partial charge in [-0.2, -0.15) is 0 Å². The molecule has 0 aromatic carbocycles. The van der Waals surface area contributed by atoms with Crippen LogP contribution in [0.4, 0.5) is 4.79 Å². The van der Waals surface area contributed by atoms with Crippen molar-refractivity contribution in [3.05, 3.63) is 0 Å². The highest BCUT2D eigenvalue weighted by molar-refractivity contribution is 5.57. The minimum atomic E-state index is -1.09. The lowest BCUT2D eigenvalue weighted by Gasteiger charge is -2.46. The summed E-state index contributed by atoms with van der Waals surface area (Å²) < 4.78 is 5.20. The van der Waals surface area contributed by atoms with Crippen molar-refractivity contribution in [2.24, 2.45) is 11.8 Å². The van der Waals surface area contributed by atoms with Gasteiger partial charge in [-0.15, -0.1) is 0 Å². The first-order valence-corrected chi connectivity index (χ1v) is 6.05. The molecular weight excluding hydrogens is 192 g/mol. The van der Waals surface area contributed by atoms with Crippen molar-refractivity contribution in [3.63, 3.8) is 0 Å². The molecule has 2 saturated carbocycles. The van der Waals surface area contributed by atoms with Gasteiger partial charge in [-0.1, -0.05) is 19.8 Å². The average molecular weight is 212 g/mol. The minimum absolute atomic E-state index is 0.326. The van der Waals surface area contributed by atoms with Gasteiger partial charge in [0.05, 0.1) is 0 Å². The molecule has 2 fully saturated rings. The van der Waals surface area contributed by atoms with E-state index in [0.717, 1.165) is 32.1 Å². The smallest absolute Gasteiger partial charge is 0.450 e. The van der Waals surface area contributed by atoms with Crippen molar-refractivity contribution in [2.75, 3.05) is 0 Å². The molecular formula is C12H20O3. The van der Waals surface area contributed by atoms with Crippen LogP contribution < -0.4 is 0 Å². The van der Waals surface area contributed by atoms with E-state index < -0.39 is 6.16 Å². The molecule has 0 aromatic rings. The van der Waals surface area contributed by atoms with Gasteiger partial charge >= 0.3 is 6.16 Å². The Morgan fingerprint density at radius 2 is 2.33 bits per heavy atom. The second-order valence-corrected chi connectivity index (χ2v) is 5.23. The quantitative estimate of drug-likeness (QED) is 0.713. The van der Waals surface area contributed by atoms with Crippen LogP contribution in [0.5, 0.6) is 0 Å². The van der Waals surface area contributed by atoms with Gasteiger partial charge in [0.2, 0.25) is 0 Å². The molecule has 3 nitrogen and oxygen atoms in total. The molecule has 2 rings (SSSR count). The van der Waals surface area contributed by atoms with E-state index in [1.165, 1.54) is 12.8 Å². The maximum Gasteiger partial charge on any atom is 0.506 e. The molecule has 3 atom stereocenters. The number of rotatable bonds is 2. The Hall–Kier alpha value is -0.730. The van der Waals surface area contributed by atoms with Crippen LogP contribution in [0.1, 0.15) is 51.9 Å². The van der Waals surface area contributed by atoms with E-state index in [2.05, 4.69) is 6.92 Å². The van der Waals surface area contributed by atoms with Gasteiger partial charge < -0.3 is 9.84 Å². The van der Waals surface area contributed by atoms with E-state index in [0.29, 0.717) is 11.8 Å². The first-order valence-electron chi connectivity index (χ1n) is 6.05. The van der Waals surface area contributed by atoms with Crippen molar-refractivity contribution >= 4 is 6.16 Å². The molecule has 0 aromatic heterocycles. The summed E-state index contributed by atoms with van der Waals surface area (Å²) in [5, 5.41) is 8.81. The number of ether oxygens (including phenoxy) is 1. The van der Waals surface area contributed by atoms with Crippen LogP contribution >= 0.6 is 0 Å². The van der Waals surface area contributed by atoms with Gasteiger partial charge in [-0.3, -0.25) is 0 Å². The zero-order chi connectivity index (χ0) is 10.9. The summed E-state index contributed by atoms with van der Waals surface area (Å²) in [5.41, 5.74) is -0.326. The first-order chi connectivity index (χ1) is 7.13. The second kappa shape index (κ2) is 4.03. The SMILES string of the molecule is CCC1CC2CCCC(OC(=O)O)(C1)C2. The van der Waals surface area contributed by atoms with Gasteiger partial charge in [0.1, 0.15) is 5.60 Å². The Morgan fingerprint density at radius 1 is 1.53 bits per heavy atom. The van der Waals surface area contributed by atoms with Crippen molar-refractivity contribution in [3.8, 4) is 0 Å². The zero-order valence-electron chi connectivity index (χ0n) is 9.37. The summed E-state index contributed by atoms with van der Waals surface area (Å²) in [5.74, 6) is 1.38. The predicted molar refractivity (Wildman–Crippen MR) is 56.8 cm³/mol. The number of carboxylic acid groups (broad SMARTS) is 1. The summed E-state index contributed by atoms with van der Waals surface area (Å²) in [6.07, 6.45) is 6.60. The van der Waals surface area contributed by atoms with E-state index in [-0.39, 0.29) is 5.60 Å². The summed E-state index contributed by atoms with van der Waals surface area (Å²) in [6.45, 7) is 2.19. The maximum absolute atomic E-state index is 10.7. The van der Waals surface area contributed by atoms with E-state index in [9.17, 15) is 4.79 Å². The number of carbonyl (C=O) groups is 1. The van der Waals surface area contributed by atoms with E-state index >= 15 is 0 Å². The molecule has 3 heteroatoms. The summed E-state index contributed by atoms with van der Waals surface area (Å²) in [4.78, 5) is 10.7. The van der Waals surface area contributed by atoms with E-state index in [1.807, 2.05) is 0 Å². The molecule has 2 bridgehead atoms. The van der Waals surface area contributed by atoms with Gasteiger partial charge in [0.15, 0.2) is 0 Å². The van der Waals surface area contributed by atoms with Crippen LogP contribution in [0.15, 0.2) is 0 Å². The van der Waals surface area contributed by atoms with Crippen LogP contribution in [-0.2, 0) is 4.74 Å². The maximum atomic E-state index is 10.7. The molecule has 0 aliphatic heterocycles. The molecule has 15 heavy (non-hydrogen) atoms. The van der Waals surface area contributed by atoms with Gasteiger partial charge in [0.25, 0.3) is 0 Å². The molecule has 86 valence electrons. The van der Waals surface area contributed by atoms with Crippen LogP contribution in [0, 0.1) is 11.8 Å². The minimum Gasteiger partial charge on any atom is -0.450 e. The van der Waals surface area contributed by atoms with Crippen LogP contribution in [0.2, 0.25) is 0 Å². The zero-order valence-corrected chi connectivity index (χ0v) is 9.37. The highest BCUT2D eigenvalue weighted by Crippen LogP contribution is 2.48. The van der Waals surface area contributed by atoms with Gasteiger partial charge in [-0.25, -0.2) is 4.79 Å². The average Bonchev–Trinajstić information content (AvgIpc) is 2.15. The highest BCUT2D eigenvalue weighted by atomic mass is 16.7. The normalized spacial score (nSPS) is 39.8. The molecule has 0 radical (unpaired) electrons. The lowest BCUT2D eigenvalue weighted by molar-refractivity contribution is -0.0914. The number of hydrogen-bond acceptors (Lipinski definition) is 2. The molecule has 2 aliphatic carbocycles. The van der Waals surface area contributed by atoms with Gasteiger partial charge in [-0.05, 0) is 43.9 Å². The molecule has 0 amide bonds. The van der Waals surface area contributed by atoms with Crippen molar-refractivity contribution < 1.29 is 14.6 Å². The highest BCUT2D eigenvalue weighted by Gasteiger charge is 2.45. The Kier molecular flexibility index (Phi) is 2.89. The fraction of sp³-hybridized carbons (Fsp3) is 0.917. The van der Waals surface area contributed by atoms with E-state index in [4.69, 9.17) is 9.84 Å². The molecule has 0 saturated heterocycles. The number of hydrogen-bond donors (Lipinski definition) is 1. The Balaban J connectivity index is 2.09. The summed E-state index contributed by atoms with van der Waals surface area (Å²) >= 11 is 0. The predicted octanol–water partition coefficient (Wildman–Crippen LogP) is 3.43. The lowest BCUT2D eigenvalue weighted by Crippen LogP contribution is -2.45. The van der Waals surface area contributed by atoms with Crippen LogP contribution in [0.25, 0.3) is 0 Å². The lowest BCUT2D eigenvalue weighted by atomic mass is 9.64. The molecule has 1 N–H and O–H groups in total. The third kappa shape index (κ3) is 2.27. The standard InChI is InChI=1S/C12H20O3/c1-2-9-6-10-4-3-5-12(7-9,8-10)15-11(13)14/h9-10H,2-8H2,1H3,(H,13,14). The summed E-state index contributed by atoms with van der Waals surface area (Å²) in [6, 6.07) is 0.